The minimum absolute atomic E-state index is 0.253. The van der Waals surface area contributed by atoms with Gasteiger partial charge in [0.1, 0.15) is 11.6 Å². The molecule has 188 valence electrons. The van der Waals surface area contributed by atoms with E-state index in [9.17, 15) is 4.39 Å². The van der Waals surface area contributed by atoms with Crippen LogP contribution in [0.15, 0.2) is 60.7 Å². The van der Waals surface area contributed by atoms with Gasteiger partial charge in [0.15, 0.2) is 0 Å². The molecule has 8 heteroatoms. The van der Waals surface area contributed by atoms with Gasteiger partial charge >= 0.3 is 0 Å². The Bertz CT molecular complexity index is 1410. The normalized spacial score (nSPS) is 14.1. The molecule has 5 rings (SSSR count). The van der Waals surface area contributed by atoms with Gasteiger partial charge in [-0.3, -0.25) is 5.41 Å². The molecule has 0 saturated carbocycles. The van der Waals surface area contributed by atoms with Crippen LogP contribution in [-0.4, -0.2) is 40.3 Å². The van der Waals surface area contributed by atoms with Gasteiger partial charge < -0.3 is 18.8 Å². The highest BCUT2D eigenvalue weighted by molar-refractivity contribution is 6.35. The summed E-state index contributed by atoms with van der Waals surface area (Å²) in [6, 6.07) is 18.0. The molecule has 4 aromatic rings. The molecule has 1 fully saturated rings. The van der Waals surface area contributed by atoms with Crippen molar-refractivity contribution in [3.05, 3.63) is 82.1 Å². The fraction of sp³-hybridized carbons (Fsp3) is 0.321. The first-order valence-electron chi connectivity index (χ1n) is 12.3. The molecule has 0 spiro atoms. The van der Waals surface area contributed by atoms with Crippen molar-refractivity contribution in [2.24, 2.45) is 0 Å². The van der Waals surface area contributed by atoms with Crippen LogP contribution in [0.5, 0.6) is 5.75 Å². The van der Waals surface area contributed by atoms with E-state index in [1.54, 1.807) is 30.3 Å². The van der Waals surface area contributed by atoms with E-state index < -0.39 is 0 Å². The smallest absolute Gasteiger partial charge is 0.203 e. The second kappa shape index (κ2) is 11.1. The lowest BCUT2D eigenvalue weighted by molar-refractivity contribution is 0.300. The Balaban J connectivity index is 1.40. The van der Waals surface area contributed by atoms with Crippen molar-refractivity contribution >= 4 is 34.2 Å². The van der Waals surface area contributed by atoms with E-state index in [0.717, 1.165) is 48.3 Å². The van der Waals surface area contributed by atoms with Gasteiger partial charge in [0.05, 0.1) is 22.7 Å². The minimum atomic E-state index is -0.253. The Kier molecular flexibility index (Phi) is 7.65. The highest BCUT2D eigenvalue weighted by Gasteiger charge is 2.16. The quantitative estimate of drug-likeness (QED) is 0.249. The topological polar surface area (TPSA) is 46.2 Å². The molecule has 1 N–H and O–H groups in total. The second-order valence-corrected chi connectivity index (χ2v) is 10.0. The summed E-state index contributed by atoms with van der Waals surface area (Å²) in [5.74, 6) is 0.348. The summed E-state index contributed by atoms with van der Waals surface area (Å²) in [7, 11) is 0. The molecule has 1 aromatic heterocycles. The maximum absolute atomic E-state index is 13.5. The number of hydrogen-bond acceptors (Lipinski definition) is 3. The Hall–Kier alpha value is -2.80. The fourth-order valence-corrected chi connectivity index (χ4v) is 5.32. The Morgan fingerprint density at radius 3 is 2.28 bits per heavy atom. The van der Waals surface area contributed by atoms with Gasteiger partial charge in [-0.05, 0) is 85.9 Å². The highest BCUT2D eigenvalue weighted by Crippen LogP contribution is 2.28. The minimum Gasteiger partial charge on any atom is -0.492 e. The van der Waals surface area contributed by atoms with Gasteiger partial charge in [-0.25, -0.2) is 4.39 Å². The van der Waals surface area contributed by atoms with Crippen molar-refractivity contribution in [3.8, 4) is 16.9 Å². The number of nitrogens with one attached hydrogen (secondary N) is 1. The third-order valence-corrected chi connectivity index (χ3v) is 7.29. The predicted octanol–water partition coefficient (Wildman–Crippen LogP) is 6.60. The summed E-state index contributed by atoms with van der Waals surface area (Å²) in [5, 5.41) is 10.0. The fourth-order valence-electron chi connectivity index (χ4n) is 4.86. The average Bonchev–Trinajstić information content (AvgIpc) is 3.48. The summed E-state index contributed by atoms with van der Waals surface area (Å²) in [5.41, 5.74) is 4.45. The summed E-state index contributed by atoms with van der Waals surface area (Å²) in [6.45, 7) is 5.07. The third-order valence-electron chi connectivity index (χ3n) is 6.76. The summed E-state index contributed by atoms with van der Waals surface area (Å²) >= 11 is 12.2. The molecule has 1 saturated heterocycles. The Morgan fingerprint density at radius 2 is 1.53 bits per heavy atom. The Morgan fingerprint density at radius 1 is 0.806 bits per heavy atom. The maximum Gasteiger partial charge on any atom is 0.203 e. The van der Waals surface area contributed by atoms with Gasteiger partial charge in [-0.15, -0.1) is 0 Å². The summed E-state index contributed by atoms with van der Waals surface area (Å²) in [6.07, 6.45) is 3.21. The summed E-state index contributed by atoms with van der Waals surface area (Å²) in [4.78, 5) is 2.46. The maximum atomic E-state index is 13.5. The molecule has 0 unspecified atom stereocenters. The zero-order valence-corrected chi connectivity index (χ0v) is 21.5. The average molecular weight is 527 g/mol. The van der Waals surface area contributed by atoms with Crippen molar-refractivity contribution < 1.29 is 9.13 Å². The standard InChI is InChI=1S/C28H29Cl2FN4O/c29-22-7-11-27(24(30)19-22)36-17-3-14-34-26-18-21(20-4-8-23(31)9-5-20)6-10-25(26)35(28(34)32)16-15-33-12-1-2-13-33/h4-11,18-19,32H,1-3,12-17H2. The van der Waals surface area contributed by atoms with Crippen LogP contribution in [0.4, 0.5) is 4.39 Å². The molecule has 3 aromatic carbocycles. The number of aromatic nitrogens is 2. The lowest BCUT2D eigenvalue weighted by Gasteiger charge is -2.15. The van der Waals surface area contributed by atoms with Crippen molar-refractivity contribution in [1.82, 2.24) is 14.0 Å². The number of rotatable bonds is 9. The van der Waals surface area contributed by atoms with Crippen LogP contribution in [-0.2, 0) is 13.1 Å². The Labute approximate surface area is 220 Å². The number of hydrogen-bond donors (Lipinski definition) is 1. The SMILES string of the molecule is N=c1n(CCCOc2ccc(Cl)cc2Cl)c2cc(-c3ccc(F)cc3)ccc2n1CCN1CCCC1. The van der Waals surface area contributed by atoms with Gasteiger partial charge in [0, 0.05) is 24.7 Å². The zero-order chi connectivity index (χ0) is 25.1. The van der Waals surface area contributed by atoms with Gasteiger partial charge in [0.25, 0.3) is 0 Å². The first-order valence-corrected chi connectivity index (χ1v) is 13.1. The van der Waals surface area contributed by atoms with Crippen LogP contribution in [0.1, 0.15) is 19.3 Å². The monoisotopic (exact) mass is 526 g/mol. The van der Waals surface area contributed by atoms with Crippen LogP contribution in [0, 0.1) is 11.2 Å². The zero-order valence-electron chi connectivity index (χ0n) is 20.0. The molecule has 1 aliphatic heterocycles. The van der Waals surface area contributed by atoms with E-state index in [1.165, 1.54) is 25.0 Å². The van der Waals surface area contributed by atoms with Gasteiger partial charge in [-0.1, -0.05) is 41.4 Å². The van der Waals surface area contributed by atoms with Crippen LogP contribution >= 0.6 is 23.2 Å². The molecular formula is C28H29Cl2FN4O. The van der Waals surface area contributed by atoms with Crippen LogP contribution in [0.2, 0.25) is 10.0 Å². The first-order chi connectivity index (χ1) is 17.5. The molecule has 0 aliphatic carbocycles. The number of ether oxygens (including phenoxy) is 1. The number of likely N-dealkylation sites (tertiary alicyclic amines) is 1. The van der Waals surface area contributed by atoms with Crippen LogP contribution < -0.4 is 10.4 Å². The van der Waals surface area contributed by atoms with E-state index in [4.69, 9.17) is 33.3 Å². The molecule has 0 radical (unpaired) electrons. The lowest BCUT2D eigenvalue weighted by atomic mass is 10.1. The molecule has 2 heterocycles. The van der Waals surface area contributed by atoms with Crippen LogP contribution in [0.25, 0.3) is 22.2 Å². The van der Waals surface area contributed by atoms with Crippen molar-refractivity contribution in [2.75, 3.05) is 26.2 Å². The third kappa shape index (κ3) is 5.46. The number of halogens is 3. The van der Waals surface area contributed by atoms with E-state index in [1.807, 2.05) is 4.57 Å². The number of nitrogens with zero attached hydrogens (tertiary/aromatic N) is 3. The predicted molar refractivity (Wildman–Crippen MR) is 143 cm³/mol. The van der Waals surface area contributed by atoms with E-state index in [2.05, 4.69) is 27.7 Å². The first kappa shape index (κ1) is 24.9. The number of aryl methyl sites for hydroxylation is 1. The number of fused-ring (bicyclic) bond motifs is 1. The van der Waals surface area contributed by atoms with Gasteiger partial charge in [-0.2, -0.15) is 0 Å². The van der Waals surface area contributed by atoms with Crippen molar-refractivity contribution in [1.29, 1.82) is 5.41 Å². The summed E-state index contributed by atoms with van der Waals surface area (Å²) < 4.78 is 23.5. The van der Waals surface area contributed by atoms with Crippen LogP contribution in [0.3, 0.4) is 0 Å². The number of benzene rings is 3. The number of imidazole rings is 1. The molecule has 0 bridgehead atoms. The van der Waals surface area contributed by atoms with E-state index >= 15 is 0 Å². The van der Waals surface area contributed by atoms with Gasteiger partial charge in [0.2, 0.25) is 5.62 Å². The molecular weight excluding hydrogens is 498 g/mol. The molecule has 5 nitrogen and oxygen atoms in total. The second-order valence-electron chi connectivity index (χ2n) is 9.16. The molecule has 0 amide bonds. The highest BCUT2D eigenvalue weighted by atomic mass is 35.5. The van der Waals surface area contributed by atoms with E-state index in [0.29, 0.717) is 41.0 Å². The molecule has 0 atom stereocenters. The van der Waals surface area contributed by atoms with E-state index in [-0.39, 0.29) is 5.82 Å². The lowest BCUT2D eigenvalue weighted by Crippen LogP contribution is -2.30. The largest absolute Gasteiger partial charge is 0.492 e. The molecule has 36 heavy (non-hydrogen) atoms. The van der Waals surface area contributed by atoms with Crippen molar-refractivity contribution in [2.45, 2.75) is 32.4 Å². The van der Waals surface area contributed by atoms with Crippen molar-refractivity contribution in [3.63, 3.8) is 0 Å². The molecule has 1 aliphatic rings.